The number of nitrogens with zero attached hydrogens (tertiary/aromatic N) is 2. The molecule has 1 heterocycles. The van der Waals surface area contributed by atoms with Crippen molar-refractivity contribution < 1.29 is 24.2 Å². The van der Waals surface area contributed by atoms with Crippen molar-refractivity contribution in [3.05, 3.63) is 29.8 Å². The lowest BCUT2D eigenvalue weighted by molar-refractivity contribution is -0.146. The first-order valence-electron chi connectivity index (χ1n) is 8.78. The van der Waals surface area contributed by atoms with Gasteiger partial charge in [-0.3, -0.25) is 14.4 Å². The molecule has 7 nitrogen and oxygen atoms in total. The van der Waals surface area contributed by atoms with Gasteiger partial charge < -0.3 is 19.6 Å². The van der Waals surface area contributed by atoms with Gasteiger partial charge in [0.05, 0.1) is 19.6 Å². The average molecular weight is 362 g/mol. The van der Waals surface area contributed by atoms with Crippen molar-refractivity contribution in [2.24, 2.45) is 5.92 Å². The fourth-order valence-electron chi connectivity index (χ4n) is 3.00. The van der Waals surface area contributed by atoms with Gasteiger partial charge in [-0.05, 0) is 37.0 Å². The van der Waals surface area contributed by atoms with E-state index in [0.717, 1.165) is 11.3 Å². The van der Waals surface area contributed by atoms with Crippen LogP contribution in [0.1, 0.15) is 24.8 Å². The van der Waals surface area contributed by atoms with E-state index in [9.17, 15) is 14.4 Å². The molecule has 2 rings (SSSR count). The molecule has 1 fully saturated rings. The van der Waals surface area contributed by atoms with Gasteiger partial charge in [-0.25, -0.2) is 0 Å². The number of likely N-dealkylation sites (tertiary alicyclic amines) is 1. The summed E-state index contributed by atoms with van der Waals surface area (Å²) in [6.07, 6.45) is 1.87. The summed E-state index contributed by atoms with van der Waals surface area (Å²) >= 11 is 0. The number of ether oxygens (including phenoxy) is 1. The molecule has 142 valence electrons. The van der Waals surface area contributed by atoms with Crippen LogP contribution in [0.4, 0.5) is 0 Å². The van der Waals surface area contributed by atoms with E-state index in [0.29, 0.717) is 38.8 Å². The fraction of sp³-hybridized carbons (Fsp3) is 0.526. The van der Waals surface area contributed by atoms with E-state index in [4.69, 9.17) is 9.84 Å². The lowest BCUT2D eigenvalue weighted by atomic mass is 9.97. The van der Waals surface area contributed by atoms with Gasteiger partial charge in [0.25, 0.3) is 0 Å². The number of carboxylic acids is 1. The highest BCUT2D eigenvalue weighted by Gasteiger charge is 2.27. The Labute approximate surface area is 153 Å². The van der Waals surface area contributed by atoms with Crippen LogP contribution in [0.25, 0.3) is 0 Å². The first-order valence-corrected chi connectivity index (χ1v) is 8.78. The topological polar surface area (TPSA) is 87.2 Å². The van der Waals surface area contributed by atoms with Gasteiger partial charge in [0.15, 0.2) is 0 Å². The quantitative estimate of drug-likeness (QED) is 0.792. The van der Waals surface area contributed by atoms with Crippen molar-refractivity contribution in [3.63, 3.8) is 0 Å². The first-order chi connectivity index (χ1) is 12.4. The van der Waals surface area contributed by atoms with Crippen LogP contribution in [0.2, 0.25) is 0 Å². The van der Waals surface area contributed by atoms with Crippen LogP contribution in [0.15, 0.2) is 24.3 Å². The number of methoxy groups -OCH3 is 1. The molecule has 0 aromatic heterocycles. The van der Waals surface area contributed by atoms with Crippen molar-refractivity contribution in [1.82, 2.24) is 9.80 Å². The molecule has 0 atom stereocenters. The maximum absolute atomic E-state index is 12.3. The van der Waals surface area contributed by atoms with Crippen LogP contribution in [-0.4, -0.2) is 66.5 Å². The summed E-state index contributed by atoms with van der Waals surface area (Å²) in [7, 11) is 3.23. The number of likely N-dealkylation sites (N-methyl/N-ethyl adjacent to an activating group) is 1. The number of rotatable bonds is 7. The first kappa shape index (κ1) is 19.8. The molecule has 1 N–H and O–H groups in total. The molecule has 0 unspecified atom stereocenters. The Hall–Kier alpha value is -2.57. The fourth-order valence-corrected chi connectivity index (χ4v) is 3.00. The third kappa shape index (κ3) is 5.47. The molecule has 0 spiro atoms. The van der Waals surface area contributed by atoms with Gasteiger partial charge >= 0.3 is 5.97 Å². The molecule has 0 radical (unpaired) electrons. The Kier molecular flexibility index (Phi) is 7.00. The van der Waals surface area contributed by atoms with E-state index in [1.165, 1.54) is 4.90 Å². The third-order valence-electron chi connectivity index (χ3n) is 4.78. The van der Waals surface area contributed by atoms with Crippen LogP contribution in [0, 0.1) is 5.92 Å². The van der Waals surface area contributed by atoms with Gasteiger partial charge in [-0.15, -0.1) is 0 Å². The van der Waals surface area contributed by atoms with Gasteiger partial charge in [-0.1, -0.05) is 12.1 Å². The van der Waals surface area contributed by atoms with E-state index < -0.39 is 5.97 Å². The Morgan fingerprint density at radius 3 is 2.35 bits per heavy atom. The number of carbonyl (C=O) groups excluding carboxylic acids is 2. The number of benzene rings is 1. The minimum absolute atomic E-state index is 0.0270. The Bertz CT molecular complexity index is 636. The van der Waals surface area contributed by atoms with E-state index >= 15 is 0 Å². The summed E-state index contributed by atoms with van der Waals surface area (Å²) in [6.45, 7) is 0.895. The standard InChI is InChI=1S/C19H26N2O5/c1-20(13-18(23)21-11-9-15(10-12-21)19(24)25)17(22)8-5-14-3-6-16(26-2)7-4-14/h3-4,6-7,15H,5,8-13H2,1-2H3,(H,24,25). The van der Waals surface area contributed by atoms with Crippen LogP contribution in [-0.2, 0) is 20.8 Å². The average Bonchev–Trinajstić information content (AvgIpc) is 2.66. The molecule has 0 bridgehead atoms. The van der Waals surface area contributed by atoms with E-state index in [-0.39, 0.29) is 24.3 Å². The van der Waals surface area contributed by atoms with Crippen molar-refractivity contribution in [2.75, 3.05) is 33.8 Å². The number of aryl methyl sites for hydroxylation is 1. The number of amides is 2. The highest BCUT2D eigenvalue weighted by Crippen LogP contribution is 2.17. The molecule has 7 heteroatoms. The van der Waals surface area contributed by atoms with Crippen molar-refractivity contribution in [1.29, 1.82) is 0 Å². The highest BCUT2D eigenvalue weighted by atomic mass is 16.5. The molecule has 26 heavy (non-hydrogen) atoms. The maximum atomic E-state index is 12.3. The Morgan fingerprint density at radius 1 is 1.19 bits per heavy atom. The zero-order valence-corrected chi connectivity index (χ0v) is 15.3. The molecule has 1 aromatic rings. The summed E-state index contributed by atoms with van der Waals surface area (Å²) in [4.78, 5) is 38.6. The van der Waals surface area contributed by atoms with Crippen LogP contribution < -0.4 is 4.74 Å². The summed E-state index contributed by atoms with van der Waals surface area (Å²) in [5.41, 5.74) is 1.04. The zero-order chi connectivity index (χ0) is 19.1. The van der Waals surface area contributed by atoms with Crippen LogP contribution in [0.5, 0.6) is 5.75 Å². The van der Waals surface area contributed by atoms with Crippen LogP contribution in [0.3, 0.4) is 0 Å². The summed E-state index contributed by atoms with van der Waals surface area (Å²) < 4.78 is 5.10. The van der Waals surface area contributed by atoms with E-state index in [1.54, 1.807) is 19.1 Å². The Morgan fingerprint density at radius 2 is 1.81 bits per heavy atom. The minimum Gasteiger partial charge on any atom is -0.497 e. The number of carboxylic acid groups (broad SMARTS) is 1. The molecule has 1 aliphatic rings. The lowest BCUT2D eigenvalue weighted by Crippen LogP contribution is -2.45. The zero-order valence-electron chi connectivity index (χ0n) is 15.3. The van der Waals surface area contributed by atoms with Crippen LogP contribution >= 0.6 is 0 Å². The van der Waals surface area contributed by atoms with Gasteiger partial charge in [-0.2, -0.15) is 0 Å². The van der Waals surface area contributed by atoms with Crippen molar-refractivity contribution >= 4 is 17.8 Å². The van der Waals surface area contributed by atoms with Gasteiger partial charge in [0.2, 0.25) is 11.8 Å². The van der Waals surface area contributed by atoms with E-state index in [2.05, 4.69) is 0 Å². The monoisotopic (exact) mass is 362 g/mol. The third-order valence-corrected chi connectivity index (χ3v) is 4.78. The second-order valence-corrected chi connectivity index (χ2v) is 6.59. The molecular weight excluding hydrogens is 336 g/mol. The number of hydrogen-bond donors (Lipinski definition) is 1. The molecule has 1 aromatic carbocycles. The molecule has 0 saturated carbocycles. The van der Waals surface area contributed by atoms with Crippen molar-refractivity contribution in [3.8, 4) is 5.75 Å². The largest absolute Gasteiger partial charge is 0.497 e. The molecule has 1 aliphatic heterocycles. The van der Waals surface area contributed by atoms with E-state index in [1.807, 2.05) is 24.3 Å². The molecule has 1 saturated heterocycles. The Balaban J connectivity index is 1.75. The molecule has 2 amide bonds. The lowest BCUT2D eigenvalue weighted by Gasteiger charge is -2.31. The minimum atomic E-state index is -0.803. The predicted molar refractivity (Wildman–Crippen MR) is 95.9 cm³/mol. The number of aliphatic carboxylic acids is 1. The number of carbonyl (C=O) groups is 3. The number of hydrogen-bond acceptors (Lipinski definition) is 4. The highest BCUT2D eigenvalue weighted by molar-refractivity contribution is 5.85. The van der Waals surface area contributed by atoms with Gasteiger partial charge in [0, 0.05) is 26.6 Å². The van der Waals surface area contributed by atoms with Gasteiger partial charge in [0.1, 0.15) is 5.75 Å². The number of piperidine rings is 1. The van der Waals surface area contributed by atoms with Crippen molar-refractivity contribution in [2.45, 2.75) is 25.7 Å². The summed E-state index contributed by atoms with van der Waals surface area (Å²) in [6, 6.07) is 7.55. The normalized spacial score (nSPS) is 14.8. The molecule has 0 aliphatic carbocycles. The summed E-state index contributed by atoms with van der Waals surface area (Å²) in [5.74, 6) is -0.621. The SMILES string of the molecule is COc1ccc(CCC(=O)N(C)CC(=O)N2CCC(C(=O)O)CC2)cc1. The predicted octanol–water partition coefficient (Wildman–Crippen LogP) is 1.41. The maximum Gasteiger partial charge on any atom is 0.306 e. The second kappa shape index (κ2) is 9.22. The smallest absolute Gasteiger partial charge is 0.306 e. The summed E-state index contributed by atoms with van der Waals surface area (Å²) in [5, 5.41) is 9.00. The second-order valence-electron chi connectivity index (χ2n) is 6.59. The molecular formula is C19H26N2O5.